The third kappa shape index (κ3) is 6.43. The van der Waals surface area contributed by atoms with E-state index in [0.29, 0.717) is 23.5 Å². The summed E-state index contributed by atoms with van der Waals surface area (Å²) in [5.74, 6) is -0.138. The predicted molar refractivity (Wildman–Crippen MR) is 160 cm³/mol. The number of esters is 1. The third-order valence-corrected chi connectivity index (χ3v) is 8.15. The summed E-state index contributed by atoms with van der Waals surface area (Å²) < 4.78 is 34.0. The monoisotopic (exact) mass is 587 g/mol. The van der Waals surface area contributed by atoms with Gasteiger partial charge >= 0.3 is 5.97 Å². The summed E-state index contributed by atoms with van der Waals surface area (Å²) in [5.41, 5.74) is 3.92. The van der Waals surface area contributed by atoms with Crippen LogP contribution in [0.15, 0.2) is 73.2 Å². The number of nitrogens with one attached hydrogen (secondary N) is 1. The van der Waals surface area contributed by atoms with Crippen molar-refractivity contribution in [1.82, 2.24) is 19.7 Å². The standard InChI is InChI=1S/C31H30FN5O4S/c1-33-24-5-6-27(25(32)16-24)41-28-7-8-34-26-17-29(42-30(26)28)23-18-35-37(20-23)11-14-40-31(38)22-4-2-3-21(15-22)19-36-9-12-39-13-10-36/h2-8,15-18,20,33H,9-14,19H2,1H3. The van der Waals surface area contributed by atoms with Crippen molar-refractivity contribution < 1.29 is 23.4 Å². The van der Waals surface area contributed by atoms with Crippen molar-refractivity contribution in [3.05, 3.63) is 90.1 Å². The highest BCUT2D eigenvalue weighted by molar-refractivity contribution is 7.22. The molecule has 0 spiro atoms. The number of carbonyl (C=O) groups excluding carboxylic acids is 1. The molecule has 0 aliphatic carbocycles. The average molecular weight is 588 g/mol. The molecule has 9 nitrogen and oxygen atoms in total. The number of hydrogen-bond donors (Lipinski definition) is 1. The second-order valence-electron chi connectivity index (χ2n) is 9.85. The normalized spacial score (nSPS) is 13.8. The van der Waals surface area contributed by atoms with Gasteiger partial charge in [0, 0.05) is 67.3 Å². The fourth-order valence-corrected chi connectivity index (χ4v) is 5.78. The predicted octanol–water partition coefficient (Wildman–Crippen LogP) is 5.82. The number of benzene rings is 2. The smallest absolute Gasteiger partial charge is 0.338 e. The van der Waals surface area contributed by atoms with Crippen molar-refractivity contribution in [2.45, 2.75) is 13.1 Å². The number of halogens is 1. The number of morpholine rings is 1. The van der Waals surface area contributed by atoms with Crippen molar-refractivity contribution >= 4 is 33.2 Å². The molecule has 2 aromatic carbocycles. The van der Waals surface area contributed by atoms with Gasteiger partial charge in [-0.1, -0.05) is 12.1 Å². The van der Waals surface area contributed by atoms with Crippen LogP contribution in [0, 0.1) is 5.82 Å². The average Bonchev–Trinajstić information content (AvgIpc) is 3.67. The highest BCUT2D eigenvalue weighted by Crippen LogP contribution is 2.39. The Bertz CT molecular complexity index is 1700. The van der Waals surface area contributed by atoms with Crippen molar-refractivity contribution in [3.63, 3.8) is 0 Å². The summed E-state index contributed by atoms with van der Waals surface area (Å²) in [4.78, 5) is 20.4. The van der Waals surface area contributed by atoms with Crippen LogP contribution < -0.4 is 10.1 Å². The first kappa shape index (κ1) is 27.8. The van der Waals surface area contributed by atoms with Crippen LogP contribution in [0.25, 0.3) is 20.7 Å². The molecule has 0 radical (unpaired) electrons. The van der Waals surface area contributed by atoms with E-state index in [1.807, 2.05) is 30.5 Å². The highest BCUT2D eigenvalue weighted by atomic mass is 32.1. The Kier molecular flexibility index (Phi) is 8.40. The number of aromatic nitrogens is 3. The summed E-state index contributed by atoms with van der Waals surface area (Å²) >= 11 is 1.49. The van der Waals surface area contributed by atoms with Gasteiger partial charge in [0.25, 0.3) is 0 Å². The van der Waals surface area contributed by atoms with Gasteiger partial charge in [0.15, 0.2) is 11.6 Å². The van der Waals surface area contributed by atoms with E-state index < -0.39 is 5.82 Å². The van der Waals surface area contributed by atoms with Gasteiger partial charge in [-0.3, -0.25) is 14.6 Å². The summed E-state index contributed by atoms with van der Waals surface area (Å²) in [7, 11) is 1.73. The first-order valence-corrected chi connectivity index (χ1v) is 14.5. The lowest BCUT2D eigenvalue weighted by Crippen LogP contribution is -2.35. The summed E-state index contributed by atoms with van der Waals surface area (Å²) in [6.07, 6.45) is 5.31. The molecule has 1 fully saturated rings. The van der Waals surface area contributed by atoms with Crippen molar-refractivity contribution in [1.29, 1.82) is 0 Å². The second kappa shape index (κ2) is 12.7. The Hall–Kier alpha value is -4.32. The fraction of sp³-hybridized carbons (Fsp3) is 0.258. The minimum Gasteiger partial charge on any atom is -0.460 e. The highest BCUT2D eigenvalue weighted by Gasteiger charge is 2.15. The molecule has 1 saturated heterocycles. The zero-order valence-electron chi connectivity index (χ0n) is 23.1. The molecule has 11 heteroatoms. The largest absolute Gasteiger partial charge is 0.460 e. The molecular weight excluding hydrogens is 557 g/mol. The maximum absolute atomic E-state index is 14.5. The van der Waals surface area contributed by atoms with Crippen molar-refractivity contribution in [3.8, 4) is 21.9 Å². The quantitative estimate of drug-likeness (QED) is 0.205. The van der Waals surface area contributed by atoms with E-state index in [2.05, 4.69) is 20.3 Å². The Balaban J connectivity index is 1.07. The minimum absolute atomic E-state index is 0.141. The van der Waals surface area contributed by atoms with Crippen LogP contribution in [-0.2, 0) is 22.6 Å². The number of fused-ring (bicyclic) bond motifs is 1. The molecule has 1 aliphatic rings. The van der Waals surface area contributed by atoms with Gasteiger partial charge in [0.2, 0.25) is 0 Å². The summed E-state index contributed by atoms with van der Waals surface area (Å²) in [6.45, 7) is 4.63. The van der Waals surface area contributed by atoms with E-state index in [1.54, 1.807) is 48.4 Å². The van der Waals surface area contributed by atoms with Crippen LogP contribution in [0.2, 0.25) is 0 Å². The van der Waals surface area contributed by atoms with Crippen molar-refractivity contribution in [2.24, 2.45) is 0 Å². The van der Waals surface area contributed by atoms with Gasteiger partial charge < -0.3 is 19.5 Å². The van der Waals surface area contributed by atoms with E-state index in [-0.39, 0.29) is 18.3 Å². The van der Waals surface area contributed by atoms with E-state index >= 15 is 0 Å². The molecule has 42 heavy (non-hydrogen) atoms. The Labute approximate surface area is 246 Å². The van der Waals surface area contributed by atoms with E-state index in [4.69, 9.17) is 14.2 Å². The molecule has 4 heterocycles. The third-order valence-electron chi connectivity index (χ3n) is 6.96. The molecule has 0 amide bonds. The number of rotatable bonds is 10. The van der Waals surface area contributed by atoms with Gasteiger partial charge in [-0.05, 0) is 35.9 Å². The number of nitrogens with zero attached hydrogens (tertiary/aromatic N) is 4. The van der Waals surface area contributed by atoms with Gasteiger partial charge in [-0.2, -0.15) is 5.10 Å². The summed E-state index contributed by atoms with van der Waals surface area (Å²) in [5, 5.41) is 7.35. The van der Waals surface area contributed by atoms with Gasteiger partial charge in [0.05, 0.1) is 41.7 Å². The van der Waals surface area contributed by atoms with Crippen LogP contribution in [0.4, 0.5) is 10.1 Å². The molecule has 0 atom stereocenters. The molecule has 1 aliphatic heterocycles. The molecule has 0 bridgehead atoms. The molecule has 216 valence electrons. The zero-order chi connectivity index (χ0) is 28.9. The van der Waals surface area contributed by atoms with Crippen LogP contribution in [0.3, 0.4) is 0 Å². The molecular formula is C31H30FN5O4S. The Morgan fingerprint density at radius 3 is 2.83 bits per heavy atom. The lowest BCUT2D eigenvalue weighted by molar-refractivity contribution is 0.0341. The van der Waals surface area contributed by atoms with Crippen LogP contribution in [0.5, 0.6) is 11.5 Å². The molecule has 3 aromatic heterocycles. The van der Waals surface area contributed by atoms with E-state index in [9.17, 15) is 9.18 Å². The maximum Gasteiger partial charge on any atom is 0.338 e. The van der Waals surface area contributed by atoms with Crippen LogP contribution in [0.1, 0.15) is 15.9 Å². The number of thiophene rings is 1. The summed E-state index contributed by atoms with van der Waals surface area (Å²) in [6, 6.07) is 16.0. The van der Waals surface area contributed by atoms with Crippen LogP contribution >= 0.6 is 11.3 Å². The van der Waals surface area contributed by atoms with Gasteiger partial charge in [0.1, 0.15) is 12.4 Å². The Morgan fingerprint density at radius 2 is 2.00 bits per heavy atom. The maximum atomic E-state index is 14.5. The molecule has 0 saturated carbocycles. The number of ether oxygens (including phenoxy) is 3. The van der Waals surface area contributed by atoms with Crippen LogP contribution in [-0.4, -0.2) is 65.6 Å². The second-order valence-corrected chi connectivity index (χ2v) is 10.9. The Morgan fingerprint density at radius 1 is 1.12 bits per heavy atom. The molecule has 0 unspecified atom stereocenters. The lowest BCUT2D eigenvalue weighted by Gasteiger charge is -2.26. The first-order chi connectivity index (χ1) is 20.6. The first-order valence-electron chi connectivity index (χ1n) is 13.7. The SMILES string of the molecule is CNc1ccc(Oc2ccnc3cc(-c4cnn(CCOC(=O)c5cccc(CN6CCOCC6)c5)c4)sc23)c(F)c1. The van der Waals surface area contributed by atoms with E-state index in [0.717, 1.165) is 59.1 Å². The number of hydrogen-bond acceptors (Lipinski definition) is 9. The molecule has 6 rings (SSSR count). The number of pyridine rings is 1. The molecule has 5 aromatic rings. The number of carbonyl (C=O) groups is 1. The zero-order valence-corrected chi connectivity index (χ0v) is 23.9. The van der Waals surface area contributed by atoms with Crippen molar-refractivity contribution in [2.75, 3.05) is 45.3 Å². The fourth-order valence-electron chi connectivity index (χ4n) is 4.74. The topological polar surface area (TPSA) is 90.7 Å². The van der Waals surface area contributed by atoms with Gasteiger partial charge in [-0.25, -0.2) is 9.18 Å². The minimum atomic E-state index is -0.453. The number of anilines is 1. The van der Waals surface area contributed by atoms with Gasteiger partial charge in [-0.15, -0.1) is 11.3 Å². The van der Waals surface area contributed by atoms with E-state index in [1.165, 1.54) is 17.4 Å². The lowest BCUT2D eigenvalue weighted by atomic mass is 10.1. The molecule has 1 N–H and O–H groups in total.